The molecular formula is C14H22N2OS. The van der Waals surface area contributed by atoms with E-state index in [1.54, 1.807) is 22.9 Å². The molecule has 1 aromatic heterocycles. The molecule has 0 aliphatic heterocycles. The number of amides is 1. The predicted molar refractivity (Wildman–Crippen MR) is 77.6 cm³/mol. The fourth-order valence-corrected chi connectivity index (χ4v) is 2.20. The van der Waals surface area contributed by atoms with Crippen LogP contribution in [-0.4, -0.2) is 33.3 Å². The maximum absolute atomic E-state index is 12.1. The van der Waals surface area contributed by atoms with Crippen LogP contribution in [0.3, 0.4) is 0 Å². The number of aromatic nitrogens is 1. The summed E-state index contributed by atoms with van der Waals surface area (Å²) in [4.78, 5) is 18.0. The molecule has 0 aromatic carbocycles. The summed E-state index contributed by atoms with van der Waals surface area (Å²) < 4.78 is 0.119. The number of carbonyl (C=O) groups is 1. The van der Waals surface area contributed by atoms with Crippen LogP contribution in [-0.2, 0) is 4.79 Å². The van der Waals surface area contributed by atoms with Crippen molar-refractivity contribution in [3.8, 4) is 0 Å². The average Bonchev–Trinajstić information content (AvgIpc) is 2.34. The van der Waals surface area contributed by atoms with Gasteiger partial charge in [0.2, 0.25) is 5.91 Å². The predicted octanol–water partition coefficient (Wildman–Crippen LogP) is 3.13. The molecular weight excluding hydrogens is 244 g/mol. The van der Waals surface area contributed by atoms with Crippen LogP contribution >= 0.6 is 11.8 Å². The maximum Gasteiger partial charge on any atom is 0.232 e. The number of rotatable bonds is 4. The van der Waals surface area contributed by atoms with Gasteiger partial charge in [0.25, 0.3) is 0 Å². The molecule has 0 radical (unpaired) electrons. The molecule has 1 amide bonds. The molecule has 0 fully saturated rings. The van der Waals surface area contributed by atoms with Crippen molar-refractivity contribution < 1.29 is 4.79 Å². The Balaban J connectivity index is 2.59. The second-order valence-corrected chi connectivity index (χ2v) is 7.17. The maximum atomic E-state index is 12.1. The lowest BCUT2D eigenvalue weighted by Crippen LogP contribution is -2.32. The van der Waals surface area contributed by atoms with Crippen LogP contribution < -0.4 is 0 Å². The Bertz CT molecular complexity index is 387. The van der Waals surface area contributed by atoms with Crippen molar-refractivity contribution in [2.45, 2.75) is 38.5 Å². The molecule has 1 atom stereocenters. The molecule has 0 aliphatic carbocycles. The van der Waals surface area contributed by atoms with Gasteiger partial charge in [0.1, 0.15) is 0 Å². The van der Waals surface area contributed by atoms with Crippen LogP contribution in [0.5, 0.6) is 0 Å². The van der Waals surface area contributed by atoms with E-state index < -0.39 is 0 Å². The SMILES string of the molecule is C[C@H](c1cccnc1)N(C)C(=O)CSC(C)(C)C. The summed E-state index contributed by atoms with van der Waals surface area (Å²) in [6.07, 6.45) is 3.55. The van der Waals surface area contributed by atoms with Gasteiger partial charge in [0.15, 0.2) is 0 Å². The van der Waals surface area contributed by atoms with E-state index in [2.05, 4.69) is 25.8 Å². The molecule has 1 heterocycles. The molecule has 0 saturated carbocycles. The minimum absolute atomic E-state index is 0.0618. The zero-order valence-electron chi connectivity index (χ0n) is 11.8. The van der Waals surface area contributed by atoms with Crippen LogP contribution in [0.25, 0.3) is 0 Å². The summed E-state index contributed by atoms with van der Waals surface area (Å²) >= 11 is 1.68. The van der Waals surface area contributed by atoms with Gasteiger partial charge in [-0.15, -0.1) is 11.8 Å². The highest BCUT2D eigenvalue weighted by Crippen LogP contribution is 2.25. The van der Waals surface area contributed by atoms with Crippen molar-refractivity contribution in [2.24, 2.45) is 0 Å². The minimum Gasteiger partial charge on any atom is -0.338 e. The highest BCUT2D eigenvalue weighted by atomic mass is 32.2. The number of thioether (sulfide) groups is 1. The molecule has 0 saturated heterocycles. The van der Waals surface area contributed by atoms with Gasteiger partial charge >= 0.3 is 0 Å². The van der Waals surface area contributed by atoms with Crippen molar-refractivity contribution >= 4 is 17.7 Å². The average molecular weight is 266 g/mol. The largest absolute Gasteiger partial charge is 0.338 e. The van der Waals surface area contributed by atoms with E-state index in [4.69, 9.17) is 0 Å². The number of nitrogens with zero attached hydrogens (tertiary/aromatic N) is 2. The van der Waals surface area contributed by atoms with Gasteiger partial charge in [-0.25, -0.2) is 0 Å². The monoisotopic (exact) mass is 266 g/mol. The van der Waals surface area contributed by atoms with E-state index in [0.29, 0.717) is 5.75 Å². The van der Waals surface area contributed by atoms with E-state index in [9.17, 15) is 4.79 Å². The molecule has 18 heavy (non-hydrogen) atoms. The summed E-state index contributed by atoms with van der Waals surface area (Å²) in [6, 6.07) is 3.96. The Labute approximate surface area is 114 Å². The highest BCUT2D eigenvalue weighted by molar-refractivity contribution is 8.01. The molecule has 1 aromatic rings. The lowest BCUT2D eigenvalue weighted by molar-refractivity contribution is -0.128. The molecule has 0 unspecified atom stereocenters. The van der Waals surface area contributed by atoms with Crippen LogP contribution in [0.4, 0.5) is 0 Å². The summed E-state index contributed by atoms with van der Waals surface area (Å²) in [5, 5.41) is 0. The fourth-order valence-electron chi connectivity index (χ4n) is 1.44. The van der Waals surface area contributed by atoms with Crippen LogP contribution in [0.2, 0.25) is 0 Å². The Morgan fingerprint density at radius 3 is 2.67 bits per heavy atom. The molecule has 4 heteroatoms. The van der Waals surface area contributed by atoms with Gasteiger partial charge in [0.05, 0.1) is 11.8 Å². The van der Waals surface area contributed by atoms with Crippen LogP contribution in [0.15, 0.2) is 24.5 Å². The third-order valence-corrected chi connectivity index (χ3v) is 4.03. The van der Waals surface area contributed by atoms with Crippen molar-refractivity contribution in [3.05, 3.63) is 30.1 Å². The number of carbonyl (C=O) groups excluding carboxylic acids is 1. The van der Waals surface area contributed by atoms with Gasteiger partial charge in [-0.05, 0) is 18.6 Å². The summed E-state index contributed by atoms with van der Waals surface area (Å²) in [5.74, 6) is 0.677. The quantitative estimate of drug-likeness (QED) is 0.839. The van der Waals surface area contributed by atoms with E-state index >= 15 is 0 Å². The molecule has 0 N–H and O–H groups in total. The van der Waals surface area contributed by atoms with Gasteiger partial charge in [-0.1, -0.05) is 26.8 Å². The molecule has 0 bridgehead atoms. The molecule has 0 aliphatic rings. The van der Waals surface area contributed by atoms with Crippen LogP contribution in [0.1, 0.15) is 39.3 Å². The first kappa shape index (κ1) is 15.0. The van der Waals surface area contributed by atoms with E-state index in [0.717, 1.165) is 5.56 Å². The van der Waals surface area contributed by atoms with Crippen molar-refractivity contribution in [1.29, 1.82) is 0 Å². The first-order chi connectivity index (χ1) is 8.31. The highest BCUT2D eigenvalue weighted by Gasteiger charge is 2.20. The fraction of sp³-hybridized carbons (Fsp3) is 0.571. The normalized spacial score (nSPS) is 13.2. The summed E-state index contributed by atoms with van der Waals surface area (Å²) in [6.45, 7) is 8.39. The third-order valence-electron chi connectivity index (χ3n) is 2.77. The smallest absolute Gasteiger partial charge is 0.232 e. The first-order valence-corrected chi connectivity index (χ1v) is 7.09. The molecule has 0 spiro atoms. The number of hydrogen-bond acceptors (Lipinski definition) is 3. The van der Waals surface area contributed by atoms with E-state index in [-0.39, 0.29) is 16.7 Å². The lowest BCUT2D eigenvalue weighted by atomic mass is 10.1. The standard InChI is InChI=1S/C14H22N2OS/c1-11(12-7-6-8-15-9-12)16(5)13(17)10-18-14(2,3)4/h6-9,11H,10H2,1-5H3/t11-/m1/s1. The minimum atomic E-state index is 0.0618. The lowest BCUT2D eigenvalue weighted by Gasteiger charge is -2.26. The number of pyridine rings is 1. The molecule has 100 valence electrons. The first-order valence-electron chi connectivity index (χ1n) is 6.11. The van der Waals surface area contributed by atoms with Crippen molar-refractivity contribution in [3.63, 3.8) is 0 Å². The van der Waals surface area contributed by atoms with Gasteiger partial charge in [-0.3, -0.25) is 9.78 Å². The van der Waals surface area contributed by atoms with Gasteiger partial charge in [0, 0.05) is 24.2 Å². The van der Waals surface area contributed by atoms with Crippen molar-refractivity contribution in [2.75, 3.05) is 12.8 Å². The summed E-state index contributed by atoms with van der Waals surface area (Å²) in [5.41, 5.74) is 1.06. The Morgan fingerprint density at radius 2 is 2.17 bits per heavy atom. The van der Waals surface area contributed by atoms with E-state index in [1.807, 2.05) is 32.3 Å². The van der Waals surface area contributed by atoms with Gasteiger partial charge in [-0.2, -0.15) is 0 Å². The molecule has 1 rings (SSSR count). The topological polar surface area (TPSA) is 33.2 Å². The van der Waals surface area contributed by atoms with Crippen LogP contribution in [0, 0.1) is 0 Å². The van der Waals surface area contributed by atoms with Gasteiger partial charge < -0.3 is 4.90 Å². The Morgan fingerprint density at radius 1 is 1.50 bits per heavy atom. The Kier molecular flexibility index (Phi) is 5.20. The summed E-state index contributed by atoms with van der Waals surface area (Å²) in [7, 11) is 1.85. The zero-order valence-corrected chi connectivity index (χ0v) is 12.6. The van der Waals surface area contributed by atoms with Crippen molar-refractivity contribution in [1.82, 2.24) is 9.88 Å². The third kappa shape index (κ3) is 4.69. The Hall–Kier alpha value is -1.03. The van der Waals surface area contributed by atoms with E-state index in [1.165, 1.54) is 0 Å². The number of hydrogen-bond donors (Lipinski definition) is 0. The zero-order chi connectivity index (χ0) is 13.8. The molecule has 3 nitrogen and oxygen atoms in total. The second kappa shape index (κ2) is 6.23. The second-order valence-electron chi connectivity index (χ2n) is 5.37.